The zero-order chi connectivity index (χ0) is 16.0. The van der Waals surface area contributed by atoms with E-state index in [-0.39, 0.29) is 17.4 Å². The summed E-state index contributed by atoms with van der Waals surface area (Å²) in [5.41, 5.74) is 0.423. The van der Waals surface area contributed by atoms with Gasteiger partial charge in [-0.05, 0) is 24.0 Å². The Labute approximate surface area is 131 Å². The van der Waals surface area contributed by atoms with E-state index in [1.165, 1.54) is 7.11 Å². The fraction of sp³-hybridized carbons (Fsp3) is 0.562. The van der Waals surface area contributed by atoms with Crippen LogP contribution in [0.15, 0.2) is 18.2 Å². The van der Waals surface area contributed by atoms with Crippen molar-refractivity contribution in [2.75, 3.05) is 20.1 Å². The molecular formula is C16H24ClNO3. The Hall–Kier alpha value is -1.42. The summed E-state index contributed by atoms with van der Waals surface area (Å²) in [4.78, 5) is 12.5. The number of methoxy groups -OCH3 is 2. The van der Waals surface area contributed by atoms with Gasteiger partial charge in [-0.1, -0.05) is 20.8 Å². The Bertz CT molecular complexity index is 483. The van der Waals surface area contributed by atoms with E-state index in [1.54, 1.807) is 25.3 Å². The number of carbonyl (C=O) groups excluding carboxylic acids is 1. The standard InChI is InChI=1S/C16H24ClNO3/c1-16(2,3)14(8-9-17)18-15(19)12-7-6-11(20-4)10-13(12)21-5/h6-7,10,14H,8-9H2,1-5H3,(H,18,19). The van der Waals surface area contributed by atoms with Gasteiger partial charge in [-0.25, -0.2) is 0 Å². The molecule has 4 nitrogen and oxygen atoms in total. The molecular weight excluding hydrogens is 290 g/mol. The van der Waals surface area contributed by atoms with E-state index in [0.29, 0.717) is 22.9 Å². The van der Waals surface area contributed by atoms with Gasteiger partial charge in [0.15, 0.2) is 0 Å². The van der Waals surface area contributed by atoms with Gasteiger partial charge in [-0.15, -0.1) is 11.6 Å². The van der Waals surface area contributed by atoms with Gasteiger partial charge in [0.05, 0.1) is 19.8 Å². The Morgan fingerprint density at radius 2 is 1.95 bits per heavy atom. The van der Waals surface area contributed by atoms with Crippen molar-refractivity contribution in [2.45, 2.75) is 33.2 Å². The summed E-state index contributed by atoms with van der Waals surface area (Å²) in [5, 5.41) is 3.04. The van der Waals surface area contributed by atoms with Crippen molar-refractivity contribution < 1.29 is 14.3 Å². The average molecular weight is 314 g/mol. The minimum absolute atomic E-state index is 0.00527. The molecule has 0 spiro atoms. The molecule has 0 fully saturated rings. The van der Waals surface area contributed by atoms with E-state index in [4.69, 9.17) is 21.1 Å². The number of rotatable bonds is 6. The lowest BCUT2D eigenvalue weighted by molar-refractivity contribution is 0.0897. The summed E-state index contributed by atoms with van der Waals surface area (Å²) in [6.07, 6.45) is 0.718. The van der Waals surface area contributed by atoms with Crippen LogP contribution in [-0.4, -0.2) is 32.0 Å². The molecule has 1 unspecified atom stereocenters. The molecule has 0 aliphatic heterocycles. The number of amides is 1. The molecule has 0 bridgehead atoms. The van der Waals surface area contributed by atoms with Crippen LogP contribution in [0, 0.1) is 5.41 Å². The highest BCUT2D eigenvalue weighted by Gasteiger charge is 2.27. The molecule has 1 aromatic carbocycles. The zero-order valence-electron chi connectivity index (χ0n) is 13.3. The molecule has 1 atom stereocenters. The first-order valence-electron chi connectivity index (χ1n) is 6.92. The molecule has 1 amide bonds. The van der Waals surface area contributed by atoms with Crippen LogP contribution in [0.4, 0.5) is 0 Å². The second kappa shape index (κ2) is 7.55. The van der Waals surface area contributed by atoms with Crippen LogP contribution in [0.5, 0.6) is 11.5 Å². The molecule has 1 rings (SSSR count). The van der Waals surface area contributed by atoms with Gasteiger partial charge in [-0.3, -0.25) is 4.79 Å². The van der Waals surface area contributed by atoms with Crippen LogP contribution in [0.1, 0.15) is 37.6 Å². The summed E-state index contributed by atoms with van der Waals surface area (Å²) >= 11 is 5.84. The van der Waals surface area contributed by atoms with E-state index in [1.807, 2.05) is 0 Å². The van der Waals surface area contributed by atoms with E-state index in [2.05, 4.69) is 26.1 Å². The van der Waals surface area contributed by atoms with E-state index in [0.717, 1.165) is 6.42 Å². The van der Waals surface area contributed by atoms with Gasteiger partial charge < -0.3 is 14.8 Å². The molecule has 0 saturated heterocycles. The molecule has 0 aliphatic carbocycles. The average Bonchev–Trinajstić information content (AvgIpc) is 2.44. The van der Waals surface area contributed by atoms with Gasteiger partial charge in [0, 0.05) is 18.0 Å². The molecule has 0 saturated carbocycles. The molecule has 5 heteroatoms. The number of ether oxygens (including phenoxy) is 2. The Balaban J connectivity index is 2.97. The maximum absolute atomic E-state index is 12.5. The van der Waals surface area contributed by atoms with Crippen molar-refractivity contribution in [3.8, 4) is 11.5 Å². The van der Waals surface area contributed by atoms with Gasteiger partial charge in [0.2, 0.25) is 0 Å². The minimum atomic E-state index is -0.167. The Morgan fingerprint density at radius 3 is 2.43 bits per heavy atom. The van der Waals surface area contributed by atoms with Crippen molar-refractivity contribution >= 4 is 17.5 Å². The number of halogens is 1. The smallest absolute Gasteiger partial charge is 0.255 e. The van der Waals surface area contributed by atoms with Gasteiger partial charge in [0.25, 0.3) is 5.91 Å². The predicted molar refractivity (Wildman–Crippen MR) is 85.6 cm³/mol. The molecule has 118 valence electrons. The highest BCUT2D eigenvalue weighted by molar-refractivity contribution is 6.17. The zero-order valence-corrected chi connectivity index (χ0v) is 14.1. The number of carbonyl (C=O) groups is 1. The van der Waals surface area contributed by atoms with Gasteiger partial charge in [-0.2, -0.15) is 0 Å². The van der Waals surface area contributed by atoms with Crippen molar-refractivity contribution in [1.82, 2.24) is 5.32 Å². The molecule has 0 aromatic heterocycles. The van der Waals surface area contributed by atoms with Crippen LogP contribution >= 0.6 is 11.6 Å². The fourth-order valence-corrected chi connectivity index (χ4v) is 2.27. The minimum Gasteiger partial charge on any atom is -0.497 e. The lowest BCUT2D eigenvalue weighted by atomic mass is 9.85. The third-order valence-corrected chi connectivity index (χ3v) is 3.62. The summed E-state index contributed by atoms with van der Waals surface area (Å²) < 4.78 is 10.4. The maximum Gasteiger partial charge on any atom is 0.255 e. The normalized spacial score (nSPS) is 12.7. The number of benzene rings is 1. The highest BCUT2D eigenvalue weighted by atomic mass is 35.5. The lowest BCUT2D eigenvalue weighted by Gasteiger charge is -2.31. The van der Waals surface area contributed by atoms with Crippen molar-refractivity contribution in [2.24, 2.45) is 5.41 Å². The van der Waals surface area contributed by atoms with E-state index >= 15 is 0 Å². The maximum atomic E-state index is 12.5. The van der Waals surface area contributed by atoms with Crippen LogP contribution < -0.4 is 14.8 Å². The monoisotopic (exact) mass is 313 g/mol. The summed E-state index contributed by atoms with van der Waals surface area (Å²) in [6, 6.07) is 5.13. The van der Waals surface area contributed by atoms with Crippen LogP contribution in [0.3, 0.4) is 0 Å². The number of alkyl halides is 1. The number of nitrogens with one attached hydrogen (secondary N) is 1. The van der Waals surface area contributed by atoms with Crippen LogP contribution in [0.25, 0.3) is 0 Å². The van der Waals surface area contributed by atoms with Gasteiger partial charge in [0.1, 0.15) is 11.5 Å². The first-order chi connectivity index (χ1) is 9.83. The van der Waals surface area contributed by atoms with Crippen LogP contribution in [-0.2, 0) is 0 Å². The summed E-state index contributed by atoms with van der Waals surface area (Å²) in [6.45, 7) is 6.24. The first kappa shape index (κ1) is 17.6. The topological polar surface area (TPSA) is 47.6 Å². The lowest BCUT2D eigenvalue weighted by Crippen LogP contribution is -2.44. The molecule has 1 N–H and O–H groups in total. The van der Waals surface area contributed by atoms with Crippen molar-refractivity contribution in [3.05, 3.63) is 23.8 Å². The fourth-order valence-electron chi connectivity index (χ4n) is 2.05. The third kappa shape index (κ3) is 4.81. The second-order valence-electron chi connectivity index (χ2n) is 5.94. The van der Waals surface area contributed by atoms with E-state index < -0.39 is 0 Å². The summed E-state index contributed by atoms with van der Waals surface area (Å²) in [5.74, 6) is 1.48. The first-order valence-corrected chi connectivity index (χ1v) is 7.45. The third-order valence-electron chi connectivity index (χ3n) is 3.40. The van der Waals surface area contributed by atoms with Crippen molar-refractivity contribution in [3.63, 3.8) is 0 Å². The van der Waals surface area contributed by atoms with E-state index in [9.17, 15) is 4.79 Å². The highest BCUT2D eigenvalue weighted by Crippen LogP contribution is 2.26. The SMILES string of the molecule is COc1ccc(C(=O)NC(CCCl)C(C)(C)C)c(OC)c1. The predicted octanol–water partition coefficient (Wildman–Crippen LogP) is 3.48. The van der Waals surface area contributed by atoms with Crippen LogP contribution in [0.2, 0.25) is 0 Å². The summed E-state index contributed by atoms with van der Waals surface area (Å²) in [7, 11) is 3.11. The quantitative estimate of drug-likeness (QED) is 0.818. The van der Waals surface area contributed by atoms with Crippen molar-refractivity contribution in [1.29, 1.82) is 0 Å². The molecule has 21 heavy (non-hydrogen) atoms. The molecule has 0 heterocycles. The largest absolute Gasteiger partial charge is 0.497 e. The number of hydrogen-bond acceptors (Lipinski definition) is 3. The molecule has 0 aliphatic rings. The Kier molecular flexibility index (Phi) is 6.34. The van der Waals surface area contributed by atoms with Gasteiger partial charge >= 0.3 is 0 Å². The Morgan fingerprint density at radius 1 is 1.29 bits per heavy atom. The number of hydrogen-bond donors (Lipinski definition) is 1. The second-order valence-corrected chi connectivity index (χ2v) is 6.31. The molecule has 1 aromatic rings. The molecule has 0 radical (unpaired) electrons.